The van der Waals surface area contributed by atoms with Crippen LogP contribution in [0.4, 0.5) is 20.2 Å². The molecule has 1 aliphatic heterocycles. The predicted octanol–water partition coefficient (Wildman–Crippen LogP) is 3.35. The van der Waals surface area contributed by atoms with E-state index in [4.69, 9.17) is 4.74 Å². The SMILES string of the molecule is COc1c(N2CC(C)(C)CC2C(=O)Nc2ccnc(S(C)=O)c2)ccc(F)c1F. The number of rotatable bonds is 5. The van der Waals surface area contributed by atoms with E-state index >= 15 is 0 Å². The van der Waals surface area contributed by atoms with Gasteiger partial charge in [-0.25, -0.2) is 9.37 Å². The van der Waals surface area contributed by atoms with E-state index in [1.54, 1.807) is 17.0 Å². The lowest BCUT2D eigenvalue weighted by atomic mass is 9.90. The second-order valence-corrected chi connectivity index (χ2v) is 9.08. The Kier molecular flexibility index (Phi) is 5.88. The Labute approximate surface area is 170 Å². The molecule has 1 aromatic carbocycles. The number of carbonyl (C=O) groups is 1. The lowest BCUT2D eigenvalue weighted by molar-refractivity contribution is -0.117. The highest BCUT2D eigenvalue weighted by molar-refractivity contribution is 7.84. The fourth-order valence-electron chi connectivity index (χ4n) is 3.57. The number of carbonyl (C=O) groups excluding carboxylic acids is 1. The normalized spacial score (nSPS) is 19.1. The third-order valence-corrected chi connectivity index (χ3v) is 5.68. The molecule has 1 amide bonds. The van der Waals surface area contributed by atoms with Gasteiger partial charge in [-0.2, -0.15) is 4.39 Å². The van der Waals surface area contributed by atoms with Gasteiger partial charge >= 0.3 is 0 Å². The molecular formula is C20H23F2N3O3S. The summed E-state index contributed by atoms with van der Waals surface area (Å²) in [6, 6.07) is 4.99. The second-order valence-electron chi connectivity index (χ2n) is 7.75. The van der Waals surface area contributed by atoms with Crippen molar-refractivity contribution in [2.75, 3.05) is 30.1 Å². The van der Waals surface area contributed by atoms with E-state index in [1.807, 2.05) is 13.8 Å². The van der Waals surface area contributed by atoms with Crippen molar-refractivity contribution >= 4 is 28.1 Å². The first kappa shape index (κ1) is 21.2. The molecule has 0 bridgehead atoms. The summed E-state index contributed by atoms with van der Waals surface area (Å²) in [4.78, 5) is 18.8. The predicted molar refractivity (Wildman–Crippen MR) is 108 cm³/mol. The quantitative estimate of drug-likeness (QED) is 0.799. The molecule has 9 heteroatoms. The summed E-state index contributed by atoms with van der Waals surface area (Å²) >= 11 is 0. The van der Waals surface area contributed by atoms with Gasteiger partial charge in [0.05, 0.1) is 23.6 Å². The number of nitrogens with zero attached hydrogens (tertiary/aromatic N) is 2. The van der Waals surface area contributed by atoms with Crippen molar-refractivity contribution in [2.45, 2.75) is 31.3 Å². The molecule has 1 aromatic heterocycles. The molecule has 1 saturated heterocycles. The Balaban J connectivity index is 1.93. The Bertz CT molecular complexity index is 968. The molecule has 1 aliphatic rings. The fourth-order valence-corrected chi connectivity index (χ4v) is 4.07. The highest BCUT2D eigenvalue weighted by Crippen LogP contribution is 2.42. The molecule has 6 nitrogen and oxygen atoms in total. The van der Waals surface area contributed by atoms with Crippen molar-refractivity contribution < 1.29 is 22.5 Å². The molecule has 1 fully saturated rings. The maximum Gasteiger partial charge on any atom is 0.247 e. The van der Waals surface area contributed by atoms with Gasteiger partial charge in [0.1, 0.15) is 11.1 Å². The number of methoxy groups -OCH3 is 1. The van der Waals surface area contributed by atoms with Gasteiger partial charge < -0.3 is 15.0 Å². The van der Waals surface area contributed by atoms with Gasteiger partial charge in [0, 0.05) is 24.7 Å². The molecule has 0 aliphatic carbocycles. The summed E-state index contributed by atoms with van der Waals surface area (Å²) in [7, 11) is -0.0161. The highest BCUT2D eigenvalue weighted by Gasteiger charge is 2.42. The van der Waals surface area contributed by atoms with Crippen molar-refractivity contribution in [3.8, 4) is 5.75 Å². The van der Waals surface area contributed by atoms with Crippen LogP contribution in [0.5, 0.6) is 5.75 Å². The molecule has 0 radical (unpaired) electrons. The van der Waals surface area contributed by atoms with E-state index in [9.17, 15) is 17.8 Å². The molecule has 0 saturated carbocycles. The minimum atomic E-state index is -1.28. The van der Waals surface area contributed by atoms with Crippen LogP contribution in [0.15, 0.2) is 35.5 Å². The number of nitrogens with one attached hydrogen (secondary N) is 1. The zero-order valence-corrected chi connectivity index (χ0v) is 17.5. The van der Waals surface area contributed by atoms with Crippen LogP contribution in [0.1, 0.15) is 20.3 Å². The van der Waals surface area contributed by atoms with E-state index in [0.717, 1.165) is 6.07 Å². The van der Waals surface area contributed by atoms with Crippen LogP contribution < -0.4 is 15.0 Å². The second kappa shape index (κ2) is 8.06. The Morgan fingerprint density at radius 1 is 1.34 bits per heavy atom. The Morgan fingerprint density at radius 2 is 2.07 bits per heavy atom. The van der Waals surface area contributed by atoms with Crippen LogP contribution in [0.2, 0.25) is 0 Å². The van der Waals surface area contributed by atoms with Gasteiger partial charge in [0.25, 0.3) is 0 Å². The van der Waals surface area contributed by atoms with Crippen molar-refractivity contribution in [2.24, 2.45) is 5.41 Å². The zero-order valence-electron chi connectivity index (χ0n) is 16.7. The molecule has 2 aromatic rings. The summed E-state index contributed by atoms with van der Waals surface area (Å²) in [6.45, 7) is 4.47. The van der Waals surface area contributed by atoms with E-state index in [-0.39, 0.29) is 17.1 Å². The number of pyridine rings is 1. The van der Waals surface area contributed by atoms with E-state index < -0.39 is 28.5 Å². The first-order valence-electron chi connectivity index (χ1n) is 9.02. The van der Waals surface area contributed by atoms with Crippen LogP contribution in [0.25, 0.3) is 0 Å². The zero-order chi connectivity index (χ0) is 21.3. The van der Waals surface area contributed by atoms with E-state index in [0.29, 0.717) is 29.4 Å². The molecule has 1 N–H and O–H groups in total. The molecule has 2 unspecified atom stereocenters. The summed E-state index contributed by atoms with van der Waals surface area (Å²) in [6.07, 6.45) is 3.49. The number of ether oxygens (including phenoxy) is 1. The average molecular weight is 423 g/mol. The van der Waals surface area contributed by atoms with Crippen LogP contribution in [-0.2, 0) is 15.6 Å². The van der Waals surface area contributed by atoms with Crippen molar-refractivity contribution in [1.82, 2.24) is 4.98 Å². The largest absolute Gasteiger partial charge is 0.491 e. The summed E-state index contributed by atoms with van der Waals surface area (Å²) in [5.41, 5.74) is 0.561. The number of halogens is 2. The lowest BCUT2D eigenvalue weighted by Gasteiger charge is -2.28. The fraction of sp³-hybridized carbons (Fsp3) is 0.400. The van der Waals surface area contributed by atoms with Crippen LogP contribution in [-0.4, -0.2) is 41.1 Å². The maximum absolute atomic E-state index is 14.2. The molecule has 29 heavy (non-hydrogen) atoms. The smallest absolute Gasteiger partial charge is 0.247 e. The first-order chi connectivity index (χ1) is 13.6. The van der Waals surface area contributed by atoms with Gasteiger partial charge in [-0.15, -0.1) is 0 Å². The number of anilines is 2. The van der Waals surface area contributed by atoms with Crippen LogP contribution in [0, 0.1) is 17.0 Å². The first-order valence-corrected chi connectivity index (χ1v) is 10.6. The van der Waals surface area contributed by atoms with Crippen LogP contribution in [0.3, 0.4) is 0 Å². The van der Waals surface area contributed by atoms with Crippen LogP contribution >= 0.6 is 0 Å². The monoisotopic (exact) mass is 423 g/mol. The highest BCUT2D eigenvalue weighted by atomic mass is 32.2. The molecular weight excluding hydrogens is 400 g/mol. The number of hydrogen-bond donors (Lipinski definition) is 1. The van der Waals surface area contributed by atoms with Gasteiger partial charge in [0.15, 0.2) is 11.6 Å². The standard InChI is InChI=1S/C20H23F2N3O3S/c1-20(2)10-15(19(26)24-12-7-8-23-16(9-12)29(4)27)25(11-20)14-6-5-13(21)17(22)18(14)28-3/h5-9,15H,10-11H2,1-4H3,(H,23,24,26). The van der Waals surface area contributed by atoms with Gasteiger partial charge in [0.2, 0.25) is 11.7 Å². The lowest BCUT2D eigenvalue weighted by Crippen LogP contribution is -2.40. The third kappa shape index (κ3) is 4.39. The molecule has 2 heterocycles. The molecule has 0 spiro atoms. The van der Waals surface area contributed by atoms with Crippen molar-refractivity contribution in [3.05, 3.63) is 42.1 Å². The van der Waals surface area contributed by atoms with E-state index in [2.05, 4.69) is 10.3 Å². The number of benzene rings is 1. The minimum absolute atomic E-state index is 0.229. The summed E-state index contributed by atoms with van der Waals surface area (Å²) in [5.74, 6) is -2.63. The van der Waals surface area contributed by atoms with Gasteiger partial charge in [-0.1, -0.05) is 13.8 Å². The van der Waals surface area contributed by atoms with Crippen molar-refractivity contribution in [1.29, 1.82) is 0 Å². The molecule has 3 rings (SSSR count). The average Bonchev–Trinajstić information content (AvgIpc) is 2.99. The van der Waals surface area contributed by atoms with Gasteiger partial charge in [-0.3, -0.25) is 9.00 Å². The molecule has 2 atom stereocenters. The van der Waals surface area contributed by atoms with Gasteiger partial charge in [-0.05, 0) is 36.1 Å². The molecule has 156 valence electrons. The third-order valence-electron chi connectivity index (χ3n) is 4.86. The number of hydrogen-bond acceptors (Lipinski definition) is 5. The minimum Gasteiger partial charge on any atom is -0.491 e. The summed E-state index contributed by atoms with van der Waals surface area (Å²) in [5, 5.41) is 3.17. The summed E-state index contributed by atoms with van der Waals surface area (Å²) < 4.78 is 44.6. The topological polar surface area (TPSA) is 71.5 Å². The van der Waals surface area contributed by atoms with Crippen molar-refractivity contribution in [3.63, 3.8) is 0 Å². The number of amides is 1. The Hall–Kier alpha value is -2.55. The Morgan fingerprint density at radius 3 is 2.72 bits per heavy atom. The number of aromatic nitrogens is 1. The van der Waals surface area contributed by atoms with E-state index in [1.165, 1.54) is 25.6 Å². The maximum atomic E-state index is 14.2.